The van der Waals surface area contributed by atoms with Crippen molar-refractivity contribution in [2.75, 3.05) is 6.54 Å². The fraction of sp³-hybridized carbons (Fsp3) is 0.629. The maximum Gasteiger partial charge on any atom is 0.210 e. The number of nitrogens with zero attached hydrogens (tertiary/aromatic N) is 1. The Hall–Kier alpha value is -1.89. The standard InChI is InChI=1S/C35H48N/c1-35(26-29-17-6-7-18-29)33(24-21-28-14-4-5-15-28)36(25-11-10-16-27-12-2-3-13-27)32-23-22-30-19-8-9-20-31(30)34(32)35/h8-9,19-24,27-29H,2-7,10-18,25-26H2,1H3/q+1/b24-21+. The van der Waals surface area contributed by atoms with E-state index in [4.69, 9.17) is 0 Å². The molecule has 0 saturated heterocycles. The summed E-state index contributed by atoms with van der Waals surface area (Å²) in [5, 5.41) is 2.91. The second kappa shape index (κ2) is 10.8. The molecule has 3 fully saturated rings. The van der Waals surface area contributed by atoms with Crippen molar-refractivity contribution in [3.63, 3.8) is 0 Å². The van der Waals surface area contributed by atoms with E-state index in [9.17, 15) is 0 Å². The summed E-state index contributed by atoms with van der Waals surface area (Å²) in [5.41, 5.74) is 4.88. The van der Waals surface area contributed by atoms with Crippen LogP contribution in [0.5, 0.6) is 0 Å². The van der Waals surface area contributed by atoms with Crippen molar-refractivity contribution in [1.29, 1.82) is 0 Å². The Kier molecular flexibility index (Phi) is 7.36. The van der Waals surface area contributed by atoms with Gasteiger partial charge in [-0.2, -0.15) is 4.58 Å². The van der Waals surface area contributed by atoms with Crippen molar-refractivity contribution in [3.05, 3.63) is 54.1 Å². The van der Waals surface area contributed by atoms with Crippen molar-refractivity contribution in [3.8, 4) is 0 Å². The van der Waals surface area contributed by atoms with Gasteiger partial charge in [0.1, 0.15) is 6.54 Å². The largest absolute Gasteiger partial charge is 0.210 e. The van der Waals surface area contributed by atoms with Gasteiger partial charge in [0.2, 0.25) is 5.69 Å². The molecule has 0 N–H and O–H groups in total. The molecular formula is C35H48N+. The number of hydrogen-bond donors (Lipinski definition) is 0. The lowest BCUT2D eigenvalue weighted by atomic mass is 9.71. The molecule has 0 radical (unpaired) electrons. The molecule has 36 heavy (non-hydrogen) atoms. The first-order valence-corrected chi connectivity index (χ1v) is 15.6. The maximum absolute atomic E-state index is 2.79. The molecule has 0 aromatic heterocycles. The monoisotopic (exact) mass is 482 g/mol. The molecule has 1 atom stereocenters. The molecule has 0 bridgehead atoms. The zero-order chi connectivity index (χ0) is 24.4. The number of fused-ring (bicyclic) bond motifs is 3. The number of benzene rings is 2. The first-order chi connectivity index (χ1) is 17.7. The van der Waals surface area contributed by atoms with Crippen molar-refractivity contribution < 1.29 is 4.58 Å². The van der Waals surface area contributed by atoms with Crippen LogP contribution in [0.2, 0.25) is 0 Å². The van der Waals surface area contributed by atoms with E-state index in [0.717, 1.165) is 17.8 Å². The lowest BCUT2D eigenvalue weighted by Crippen LogP contribution is -2.33. The Morgan fingerprint density at radius 3 is 2.28 bits per heavy atom. The van der Waals surface area contributed by atoms with E-state index >= 15 is 0 Å². The topological polar surface area (TPSA) is 3.01 Å². The second-order valence-electron chi connectivity index (χ2n) is 13.0. The van der Waals surface area contributed by atoms with Gasteiger partial charge in [0.25, 0.3) is 0 Å². The van der Waals surface area contributed by atoms with Gasteiger partial charge in [0.05, 0.1) is 5.41 Å². The number of hydrogen-bond acceptors (Lipinski definition) is 0. The van der Waals surface area contributed by atoms with Crippen LogP contribution in [0.25, 0.3) is 10.8 Å². The predicted molar refractivity (Wildman–Crippen MR) is 155 cm³/mol. The highest BCUT2D eigenvalue weighted by atomic mass is 15.1. The fourth-order valence-corrected chi connectivity index (χ4v) is 8.51. The van der Waals surface area contributed by atoms with Crippen LogP contribution in [0.1, 0.15) is 115 Å². The summed E-state index contributed by atoms with van der Waals surface area (Å²) in [7, 11) is 0. The third-order valence-corrected chi connectivity index (χ3v) is 10.4. The molecule has 1 unspecified atom stereocenters. The minimum Gasteiger partial charge on any atom is -0.195 e. The summed E-state index contributed by atoms with van der Waals surface area (Å²) in [6.07, 6.45) is 28.0. The Morgan fingerprint density at radius 1 is 0.806 bits per heavy atom. The van der Waals surface area contributed by atoms with Gasteiger partial charge in [-0.15, -0.1) is 0 Å². The van der Waals surface area contributed by atoms with Crippen LogP contribution in [0.3, 0.4) is 0 Å². The smallest absolute Gasteiger partial charge is 0.195 e. The summed E-state index contributed by atoms with van der Waals surface area (Å²) >= 11 is 0. The van der Waals surface area contributed by atoms with E-state index in [1.54, 1.807) is 11.3 Å². The molecule has 0 amide bonds. The molecular weight excluding hydrogens is 434 g/mol. The Morgan fingerprint density at radius 2 is 1.50 bits per heavy atom. The first kappa shape index (κ1) is 24.4. The maximum atomic E-state index is 2.79. The van der Waals surface area contributed by atoms with Crippen LogP contribution in [-0.4, -0.2) is 16.8 Å². The van der Waals surface area contributed by atoms with E-state index in [0.29, 0.717) is 0 Å². The molecule has 4 aliphatic rings. The lowest BCUT2D eigenvalue weighted by Gasteiger charge is -2.27. The fourth-order valence-electron chi connectivity index (χ4n) is 8.51. The van der Waals surface area contributed by atoms with Crippen molar-refractivity contribution >= 4 is 22.2 Å². The number of allylic oxidation sites excluding steroid dienone is 2. The average Bonchev–Trinajstić information content (AvgIpc) is 3.70. The SMILES string of the molecule is CC1(CC2CCCC2)C(/C=C/C2CCCC2)=[N+](CCCCC2CCCC2)c2ccc3ccccc3c21. The summed E-state index contributed by atoms with van der Waals surface area (Å²) in [6.45, 7) is 3.80. The minimum absolute atomic E-state index is 0.117. The van der Waals surface area contributed by atoms with E-state index in [1.165, 1.54) is 126 Å². The van der Waals surface area contributed by atoms with Gasteiger partial charge in [-0.1, -0.05) is 101 Å². The van der Waals surface area contributed by atoms with E-state index < -0.39 is 0 Å². The van der Waals surface area contributed by atoms with Gasteiger partial charge >= 0.3 is 0 Å². The van der Waals surface area contributed by atoms with Crippen molar-refractivity contribution in [2.45, 2.75) is 115 Å². The summed E-state index contributed by atoms with van der Waals surface area (Å²) < 4.78 is 2.79. The third-order valence-electron chi connectivity index (χ3n) is 10.4. The Balaban J connectivity index is 1.38. The Bertz CT molecular complexity index is 1100. The lowest BCUT2D eigenvalue weighted by molar-refractivity contribution is -0.438. The number of rotatable bonds is 9. The highest BCUT2D eigenvalue weighted by Gasteiger charge is 2.49. The van der Waals surface area contributed by atoms with Gasteiger partial charge in [-0.25, -0.2) is 0 Å². The van der Waals surface area contributed by atoms with Crippen LogP contribution in [-0.2, 0) is 5.41 Å². The van der Waals surface area contributed by atoms with Gasteiger partial charge in [0, 0.05) is 24.1 Å². The van der Waals surface area contributed by atoms with Crippen LogP contribution in [0, 0.1) is 17.8 Å². The highest BCUT2D eigenvalue weighted by molar-refractivity contribution is 6.07. The molecule has 1 aliphatic heterocycles. The van der Waals surface area contributed by atoms with E-state index in [1.807, 2.05) is 0 Å². The minimum atomic E-state index is 0.117. The summed E-state index contributed by atoms with van der Waals surface area (Å²) in [5.74, 6) is 2.68. The molecule has 1 heterocycles. The number of unbranched alkanes of at least 4 members (excludes halogenated alkanes) is 1. The van der Waals surface area contributed by atoms with Crippen molar-refractivity contribution in [1.82, 2.24) is 0 Å². The summed E-state index contributed by atoms with van der Waals surface area (Å²) in [6, 6.07) is 14.1. The zero-order valence-electron chi connectivity index (χ0n) is 22.8. The molecule has 2 aromatic carbocycles. The molecule has 1 nitrogen and oxygen atoms in total. The summed E-state index contributed by atoms with van der Waals surface area (Å²) in [4.78, 5) is 0. The van der Waals surface area contributed by atoms with Crippen molar-refractivity contribution in [2.24, 2.45) is 17.8 Å². The highest BCUT2D eigenvalue weighted by Crippen LogP contribution is 2.49. The molecule has 2 aromatic rings. The van der Waals surface area contributed by atoms with Gasteiger partial charge < -0.3 is 0 Å². The van der Waals surface area contributed by atoms with E-state index in [2.05, 4.69) is 60.0 Å². The van der Waals surface area contributed by atoms with E-state index in [-0.39, 0.29) is 5.41 Å². The molecule has 192 valence electrons. The Labute approximate surface area is 220 Å². The normalized spacial score (nSPS) is 25.8. The molecule has 0 spiro atoms. The molecule has 3 aliphatic carbocycles. The van der Waals surface area contributed by atoms with Crippen LogP contribution < -0.4 is 0 Å². The third kappa shape index (κ3) is 4.84. The van der Waals surface area contributed by atoms with Crippen LogP contribution in [0.15, 0.2) is 48.6 Å². The second-order valence-corrected chi connectivity index (χ2v) is 13.0. The molecule has 3 saturated carbocycles. The molecule has 1 heteroatoms. The first-order valence-electron chi connectivity index (χ1n) is 15.6. The van der Waals surface area contributed by atoms with Gasteiger partial charge in [-0.05, 0) is 67.2 Å². The quantitative estimate of drug-likeness (QED) is 0.247. The van der Waals surface area contributed by atoms with Gasteiger partial charge in [-0.3, -0.25) is 0 Å². The predicted octanol–water partition coefficient (Wildman–Crippen LogP) is 9.88. The van der Waals surface area contributed by atoms with Crippen LogP contribution in [0.4, 0.5) is 5.69 Å². The molecule has 6 rings (SSSR count). The average molecular weight is 483 g/mol. The zero-order valence-corrected chi connectivity index (χ0v) is 22.8. The van der Waals surface area contributed by atoms with Gasteiger partial charge in [0.15, 0.2) is 5.71 Å². The van der Waals surface area contributed by atoms with Crippen LogP contribution >= 0.6 is 0 Å².